The summed E-state index contributed by atoms with van der Waals surface area (Å²) in [6, 6.07) is 10.9. The van der Waals surface area contributed by atoms with Gasteiger partial charge in [0, 0.05) is 24.2 Å². The summed E-state index contributed by atoms with van der Waals surface area (Å²) in [4.78, 5) is 28.3. The van der Waals surface area contributed by atoms with Gasteiger partial charge in [0.2, 0.25) is 5.91 Å². The second-order valence-electron chi connectivity index (χ2n) is 6.10. The van der Waals surface area contributed by atoms with Crippen LogP contribution in [0.5, 0.6) is 5.75 Å². The van der Waals surface area contributed by atoms with Crippen molar-refractivity contribution < 1.29 is 9.53 Å². The molecule has 0 aliphatic carbocycles. The van der Waals surface area contributed by atoms with Gasteiger partial charge in [0.1, 0.15) is 17.4 Å². The Balaban J connectivity index is 1.54. The number of rotatable bonds is 7. The van der Waals surface area contributed by atoms with E-state index in [1.807, 2.05) is 43.5 Å². The van der Waals surface area contributed by atoms with E-state index in [0.717, 1.165) is 10.8 Å². The zero-order valence-electron chi connectivity index (χ0n) is 15.3. The van der Waals surface area contributed by atoms with Crippen LogP contribution in [0.15, 0.2) is 52.8 Å². The van der Waals surface area contributed by atoms with Crippen LogP contribution in [0.25, 0.3) is 0 Å². The van der Waals surface area contributed by atoms with Gasteiger partial charge < -0.3 is 14.6 Å². The topological polar surface area (TPSA) is 73.2 Å². The van der Waals surface area contributed by atoms with Gasteiger partial charge in [0.05, 0.1) is 17.8 Å². The van der Waals surface area contributed by atoms with E-state index in [1.54, 1.807) is 16.8 Å². The number of amides is 1. The van der Waals surface area contributed by atoms with Crippen molar-refractivity contribution in [2.75, 3.05) is 5.32 Å². The number of ether oxygens (including phenoxy) is 1. The summed E-state index contributed by atoms with van der Waals surface area (Å²) in [5.74, 6) is 0.619. The maximum absolute atomic E-state index is 12.2. The highest BCUT2D eigenvalue weighted by Crippen LogP contribution is 2.16. The molecule has 1 N–H and O–H groups in total. The molecule has 1 amide bonds. The van der Waals surface area contributed by atoms with Gasteiger partial charge in [-0.2, -0.15) is 0 Å². The first-order valence-corrected chi connectivity index (χ1v) is 9.54. The molecule has 3 aromatic rings. The lowest BCUT2D eigenvalue weighted by atomic mass is 10.2. The average Bonchev–Trinajstić information content (AvgIpc) is 3.10. The molecule has 140 valence electrons. The molecule has 0 aliphatic rings. The minimum Gasteiger partial charge on any atom is -0.486 e. The molecular formula is C20H21N3O3S. The predicted molar refractivity (Wildman–Crippen MR) is 106 cm³/mol. The molecule has 2 aromatic heterocycles. The molecule has 0 unspecified atom stereocenters. The van der Waals surface area contributed by atoms with E-state index >= 15 is 0 Å². The average molecular weight is 383 g/mol. The van der Waals surface area contributed by atoms with Gasteiger partial charge in [0.15, 0.2) is 0 Å². The van der Waals surface area contributed by atoms with Crippen molar-refractivity contribution in [2.24, 2.45) is 0 Å². The predicted octanol–water partition coefficient (Wildman–Crippen LogP) is 3.39. The molecule has 0 atom stereocenters. The molecule has 1 aromatic carbocycles. The van der Waals surface area contributed by atoms with Gasteiger partial charge in [-0.1, -0.05) is 17.7 Å². The van der Waals surface area contributed by atoms with Crippen LogP contribution in [0.2, 0.25) is 0 Å². The van der Waals surface area contributed by atoms with Gasteiger partial charge in [-0.25, -0.2) is 4.98 Å². The highest BCUT2D eigenvalue weighted by atomic mass is 32.1. The summed E-state index contributed by atoms with van der Waals surface area (Å²) in [5, 5.41) is 5.48. The van der Waals surface area contributed by atoms with Crippen LogP contribution in [-0.2, 0) is 24.4 Å². The second kappa shape index (κ2) is 8.64. The van der Waals surface area contributed by atoms with Crippen LogP contribution in [0.3, 0.4) is 0 Å². The quantitative estimate of drug-likeness (QED) is 0.679. The molecule has 0 saturated heterocycles. The van der Waals surface area contributed by atoms with Gasteiger partial charge in [-0.3, -0.25) is 9.59 Å². The summed E-state index contributed by atoms with van der Waals surface area (Å²) in [6.45, 7) is 4.83. The van der Waals surface area contributed by atoms with Crippen molar-refractivity contribution in [1.29, 1.82) is 0 Å². The number of pyridine rings is 1. The molecule has 0 radical (unpaired) electrons. The largest absolute Gasteiger partial charge is 0.486 e. The van der Waals surface area contributed by atoms with E-state index in [9.17, 15) is 9.59 Å². The lowest BCUT2D eigenvalue weighted by Gasteiger charge is -2.07. The highest BCUT2D eigenvalue weighted by molar-refractivity contribution is 7.09. The molecule has 6 nitrogen and oxygen atoms in total. The fraction of sp³-hybridized carbons (Fsp3) is 0.250. The van der Waals surface area contributed by atoms with Crippen LogP contribution in [0, 0.1) is 6.92 Å². The third kappa shape index (κ3) is 5.27. The molecule has 27 heavy (non-hydrogen) atoms. The number of hydrogen-bond acceptors (Lipinski definition) is 5. The number of nitrogens with one attached hydrogen (secondary N) is 1. The Morgan fingerprint density at radius 2 is 2.00 bits per heavy atom. The molecule has 7 heteroatoms. The molecular weight excluding hydrogens is 362 g/mol. The Bertz CT molecular complexity index is 977. The van der Waals surface area contributed by atoms with E-state index in [0.29, 0.717) is 24.5 Å². The molecule has 0 fully saturated rings. The third-order valence-electron chi connectivity index (χ3n) is 3.93. The fourth-order valence-electron chi connectivity index (χ4n) is 2.50. The highest BCUT2D eigenvalue weighted by Gasteiger charge is 2.09. The Morgan fingerprint density at radius 3 is 2.74 bits per heavy atom. The summed E-state index contributed by atoms with van der Waals surface area (Å²) in [6.07, 6.45) is 1.81. The van der Waals surface area contributed by atoms with E-state index < -0.39 is 0 Å². The second-order valence-corrected chi connectivity index (χ2v) is 7.04. The van der Waals surface area contributed by atoms with E-state index in [1.165, 1.54) is 23.0 Å². The number of hydrogen-bond donors (Lipinski definition) is 1. The molecule has 2 heterocycles. The zero-order chi connectivity index (χ0) is 19.2. The smallest absolute Gasteiger partial charge is 0.250 e. The Morgan fingerprint density at radius 1 is 1.22 bits per heavy atom. The maximum atomic E-state index is 12.2. The minimum absolute atomic E-state index is 0.0896. The number of carbonyl (C=O) groups excluding carboxylic acids is 1. The van der Waals surface area contributed by atoms with Crippen LogP contribution in [0.1, 0.15) is 23.2 Å². The molecule has 0 spiro atoms. The van der Waals surface area contributed by atoms with Crippen LogP contribution >= 0.6 is 11.3 Å². The Labute approximate surface area is 161 Å². The first kappa shape index (κ1) is 18.8. The summed E-state index contributed by atoms with van der Waals surface area (Å²) < 4.78 is 7.25. The number of aryl methyl sites for hydroxylation is 2. The maximum Gasteiger partial charge on any atom is 0.250 e. The lowest BCUT2D eigenvalue weighted by molar-refractivity contribution is -0.115. The van der Waals surface area contributed by atoms with Crippen molar-refractivity contribution in [3.05, 3.63) is 74.6 Å². The van der Waals surface area contributed by atoms with Crippen molar-refractivity contribution in [2.45, 2.75) is 33.4 Å². The van der Waals surface area contributed by atoms with E-state index in [-0.39, 0.29) is 17.9 Å². The Kier molecular flexibility index (Phi) is 6.03. The number of anilines is 1. The standard InChI is InChI=1S/C20H21N3O3S/c1-3-23-11-15(6-9-20(23)25)21-18(24)10-16-13-27-19(22-16)12-26-17-7-4-14(2)5-8-17/h4-9,11,13H,3,10,12H2,1-2H3,(H,21,24). The number of thiazole rings is 1. The normalized spacial score (nSPS) is 10.6. The third-order valence-corrected chi connectivity index (χ3v) is 4.80. The van der Waals surface area contributed by atoms with Gasteiger partial charge >= 0.3 is 0 Å². The molecule has 0 bridgehead atoms. The van der Waals surface area contributed by atoms with Gasteiger partial charge in [-0.15, -0.1) is 11.3 Å². The monoisotopic (exact) mass is 383 g/mol. The van der Waals surface area contributed by atoms with Crippen LogP contribution in [-0.4, -0.2) is 15.5 Å². The summed E-state index contributed by atoms with van der Waals surface area (Å²) in [5.41, 5.74) is 2.39. The van der Waals surface area contributed by atoms with Gasteiger partial charge in [0.25, 0.3) is 5.56 Å². The lowest BCUT2D eigenvalue weighted by Crippen LogP contribution is -2.20. The first-order chi connectivity index (χ1) is 13.0. The Hall–Kier alpha value is -2.93. The van der Waals surface area contributed by atoms with Crippen LogP contribution in [0.4, 0.5) is 5.69 Å². The number of nitrogens with zero attached hydrogens (tertiary/aromatic N) is 2. The van der Waals surface area contributed by atoms with E-state index in [2.05, 4.69) is 10.3 Å². The van der Waals surface area contributed by atoms with E-state index in [4.69, 9.17) is 4.74 Å². The summed E-state index contributed by atoms with van der Waals surface area (Å²) in [7, 11) is 0. The van der Waals surface area contributed by atoms with Crippen molar-refractivity contribution in [3.63, 3.8) is 0 Å². The van der Waals surface area contributed by atoms with Crippen molar-refractivity contribution >= 4 is 22.9 Å². The van der Waals surface area contributed by atoms with Crippen molar-refractivity contribution in [3.8, 4) is 5.75 Å². The molecule has 0 saturated carbocycles. The number of carbonyl (C=O) groups is 1. The number of benzene rings is 1. The first-order valence-electron chi connectivity index (χ1n) is 8.66. The fourth-order valence-corrected chi connectivity index (χ4v) is 3.20. The van der Waals surface area contributed by atoms with Crippen molar-refractivity contribution in [1.82, 2.24) is 9.55 Å². The summed E-state index contributed by atoms with van der Waals surface area (Å²) >= 11 is 1.47. The minimum atomic E-state index is -0.174. The van der Waals surface area contributed by atoms with Gasteiger partial charge in [-0.05, 0) is 32.0 Å². The number of aromatic nitrogens is 2. The SMILES string of the molecule is CCn1cc(NC(=O)Cc2csc(COc3ccc(C)cc3)n2)ccc1=O. The zero-order valence-corrected chi connectivity index (χ0v) is 16.1. The molecule has 3 rings (SSSR count). The van der Waals surface area contributed by atoms with Crippen LogP contribution < -0.4 is 15.6 Å². The molecule has 0 aliphatic heterocycles.